The summed E-state index contributed by atoms with van der Waals surface area (Å²) in [6.45, 7) is 0. The van der Waals surface area contributed by atoms with Crippen molar-refractivity contribution in [1.82, 2.24) is 4.98 Å². The number of phenols is 1. The fraction of sp³-hybridized carbons (Fsp3) is 0. The first kappa shape index (κ1) is 8.00. The number of hydrogen-bond acceptors (Lipinski definition) is 4. The van der Waals surface area contributed by atoms with Crippen molar-refractivity contribution in [2.45, 2.75) is 0 Å². The molecule has 2 aromatic rings. The Labute approximate surface area is 77.1 Å². The van der Waals surface area contributed by atoms with Gasteiger partial charge in [-0.05, 0) is 12.1 Å². The maximum absolute atomic E-state index is 10.7. The van der Waals surface area contributed by atoms with Crippen LogP contribution in [0.4, 0.5) is 0 Å². The van der Waals surface area contributed by atoms with Crippen LogP contribution in [0.2, 0.25) is 0 Å². The van der Waals surface area contributed by atoms with Gasteiger partial charge in [0, 0.05) is 0 Å². The van der Waals surface area contributed by atoms with Gasteiger partial charge in [0.05, 0.1) is 21.3 Å². The molecule has 0 bridgehead atoms. The van der Waals surface area contributed by atoms with Crippen LogP contribution < -0.4 is 0 Å². The molecule has 4 nitrogen and oxygen atoms in total. The molecule has 1 aromatic heterocycles. The number of aromatic hydroxyl groups is 1. The van der Waals surface area contributed by atoms with E-state index in [1.807, 2.05) is 0 Å². The number of phenolic OH excluding ortho intramolecular Hbond substituents is 1. The standard InChI is InChI=1S/C8H5NO3S/c10-4-1-5(8(11)12)7-6(2-4)13-3-9-7/h1-3,10H,(H,11,12). The predicted molar refractivity (Wildman–Crippen MR) is 48.2 cm³/mol. The smallest absolute Gasteiger partial charge is 0.338 e. The van der Waals surface area contributed by atoms with E-state index >= 15 is 0 Å². The van der Waals surface area contributed by atoms with Crippen LogP contribution in [0, 0.1) is 0 Å². The molecule has 0 spiro atoms. The second-order valence-corrected chi connectivity index (χ2v) is 3.38. The minimum Gasteiger partial charge on any atom is -0.508 e. The molecule has 2 N–H and O–H groups in total. The first-order chi connectivity index (χ1) is 6.18. The van der Waals surface area contributed by atoms with Crippen LogP contribution in [0.1, 0.15) is 10.4 Å². The van der Waals surface area contributed by atoms with E-state index in [1.54, 1.807) is 5.51 Å². The van der Waals surface area contributed by atoms with Gasteiger partial charge in [-0.3, -0.25) is 0 Å². The Balaban J connectivity index is 2.84. The predicted octanol–water partition coefficient (Wildman–Crippen LogP) is 1.70. The van der Waals surface area contributed by atoms with E-state index in [9.17, 15) is 9.90 Å². The number of carboxylic acid groups (broad SMARTS) is 1. The molecule has 1 aromatic carbocycles. The number of thiazole rings is 1. The highest BCUT2D eigenvalue weighted by Gasteiger charge is 2.11. The maximum atomic E-state index is 10.7. The van der Waals surface area contributed by atoms with Crippen LogP contribution in [-0.2, 0) is 0 Å². The summed E-state index contributed by atoms with van der Waals surface area (Å²) in [4.78, 5) is 14.6. The zero-order valence-corrected chi connectivity index (χ0v) is 7.21. The molecular weight excluding hydrogens is 190 g/mol. The van der Waals surface area contributed by atoms with Crippen LogP contribution in [0.5, 0.6) is 5.75 Å². The molecule has 1 heterocycles. The lowest BCUT2D eigenvalue weighted by Crippen LogP contribution is -1.96. The van der Waals surface area contributed by atoms with Crippen molar-refractivity contribution in [3.8, 4) is 5.75 Å². The average Bonchev–Trinajstić information content (AvgIpc) is 2.49. The minimum absolute atomic E-state index is 0.0382. The van der Waals surface area contributed by atoms with Crippen molar-refractivity contribution in [1.29, 1.82) is 0 Å². The third-order valence-electron chi connectivity index (χ3n) is 1.65. The summed E-state index contributed by atoms with van der Waals surface area (Å²) in [5.74, 6) is -1.12. The summed E-state index contributed by atoms with van der Waals surface area (Å²) < 4.78 is 0.678. The zero-order valence-electron chi connectivity index (χ0n) is 6.39. The Bertz CT molecular complexity index is 477. The molecule has 66 valence electrons. The number of rotatable bonds is 1. The molecule has 0 saturated heterocycles. The van der Waals surface area contributed by atoms with Gasteiger partial charge in [0.1, 0.15) is 5.75 Å². The molecule has 0 unspecified atom stereocenters. The highest BCUT2D eigenvalue weighted by molar-refractivity contribution is 7.16. The van der Waals surface area contributed by atoms with Crippen molar-refractivity contribution in [3.63, 3.8) is 0 Å². The monoisotopic (exact) mass is 195 g/mol. The summed E-state index contributed by atoms with van der Waals surface area (Å²) in [5, 5.41) is 18.0. The van der Waals surface area contributed by atoms with Crippen molar-refractivity contribution in [3.05, 3.63) is 23.2 Å². The van der Waals surface area contributed by atoms with Gasteiger partial charge in [0.15, 0.2) is 0 Å². The summed E-state index contributed by atoms with van der Waals surface area (Å²) in [7, 11) is 0. The zero-order chi connectivity index (χ0) is 9.42. The van der Waals surface area contributed by atoms with E-state index in [4.69, 9.17) is 5.11 Å². The first-order valence-electron chi connectivity index (χ1n) is 3.48. The SMILES string of the molecule is O=C(O)c1cc(O)cc2scnc12. The van der Waals surface area contributed by atoms with Gasteiger partial charge < -0.3 is 10.2 Å². The van der Waals surface area contributed by atoms with Crippen LogP contribution in [0.3, 0.4) is 0 Å². The van der Waals surface area contributed by atoms with E-state index < -0.39 is 5.97 Å². The number of carbonyl (C=O) groups is 1. The number of hydrogen-bond donors (Lipinski definition) is 2. The maximum Gasteiger partial charge on any atom is 0.338 e. The Morgan fingerprint density at radius 3 is 2.92 bits per heavy atom. The lowest BCUT2D eigenvalue weighted by Gasteiger charge is -1.96. The van der Waals surface area contributed by atoms with E-state index in [1.165, 1.54) is 23.5 Å². The Morgan fingerprint density at radius 2 is 2.23 bits per heavy atom. The molecule has 0 fully saturated rings. The van der Waals surface area contributed by atoms with Crippen LogP contribution >= 0.6 is 11.3 Å². The van der Waals surface area contributed by atoms with Gasteiger partial charge in [-0.1, -0.05) is 0 Å². The second-order valence-electron chi connectivity index (χ2n) is 2.50. The average molecular weight is 195 g/mol. The minimum atomic E-state index is -1.08. The van der Waals surface area contributed by atoms with Crippen molar-refractivity contribution < 1.29 is 15.0 Å². The summed E-state index contributed by atoms with van der Waals surface area (Å²) >= 11 is 1.30. The molecule has 0 aliphatic carbocycles. The van der Waals surface area contributed by atoms with Gasteiger partial charge in [-0.15, -0.1) is 11.3 Å². The van der Waals surface area contributed by atoms with E-state index in [0.717, 1.165) is 0 Å². The van der Waals surface area contributed by atoms with Crippen LogP contribution in [0.15, 0.2) is 17.6 Å². The van der Waals surface area contributed by atoms with E-state index in [2.05, 4.69) is 4.98 Å². The van der Waals surface area contributed by atoms with Gasteiger partial charge in [0.25, 0.3) is 0 Å². The topological polar surface area (TPSA) is 70.4 Å². The van der Waals surface area contributed by atoms with Gasteiger partial charge in [0.2, 0.25) is 0 Å². The molecule has 0 radical (unpaired) electrons. The van der Waals surface area contributed by atoms with Crippen LogP contribution in [0.25, 0.3) is 10.2 Å². The molecule has 0 amide bonds. The lowest BCUT2D eigenvalue weighted by molar-refractivity contribution is 0.0698. The van der Waals surface area contributed by atoms with Crippen molar-refractivity contribution in [2.75, 3.05) is 0 Å². The molecule has 13 heavy (non-hydrogen) atoms. The fourth-order valence-electron chi connectivity index (χ4n) is 1.12. The third-order valence-corrected chi connectivity index (χ3v) is 2.43. The van der Waals surface area contributed by atoms with Gasteiger partial charge in [-0.25, -0.2) is 9.78 Å². The molecule has 0 aliphatic heterocycles. The number of benzene rings is 1. The van der Waals surface area contributed by atoms with Gasteiger partial charge >= 0.3 is 5.97 Å². The third kappa shape index (κ3) is 1.23. The summed E-state index contributed by atoms with van der Waals surface area (Å²) in [6.07, 6.45) is 0. The molecule has 0 aliphatic rings. The quantitative estimate of drug-likeness (QED) is 0.726. The molecule has 5 heteroatoms. The fourth-order valence-corrected chi connectivity index (χ4v) is 1.85. The number of nitrogens with zero attached hydrogens (tertiary/aromatic N) is 1. The highest BCUT2D eigenvalue weighted by atomic mass is 32.1. The number of aromatic nitrogens is 1. The summed E-state index contributed by atoms with van der Waals surface area (Å²) in [6, 6.07) is 2.70. The molecule has 2 rings (SSSR count). The molecule has 0 atom stereocenters. The Morgan fingerprint density at radius 1 is 1.46 bits per heavy atom. The van der Waals surface area contributed by atoms with Crippen LogP contribution in [-0.4, -0.2) is 21.2 Å². The number of fused-ring (bicyclic) bond motifs is 1. The molecule has 0 saturated carbocycles. The normalized spacial score (nSPS) is 10.5. The second kappa shape index (κ2) is 2.70. The number of aromatic carboxylic acids is 1. The highest BCUT2D eigenvalue weighted by Crippen LogP contribution is 2.26. The Kier molecular flexibility index (Phi) is 1.66. The van der Waals surface area contributed by atoms with Crippen molar-refractivity contribution in [2.24, 2.45) is 0 Å². The van der Waals surface area contributed by atoms with E-state index in [-0.39, 0.29) is 11.3 Å². The summed E-state index contributed by atoms with van der Waals surface area (Å²) in [5.41, 5.74) is 2.02. The van der Waals surface area contributed by atoms with Gasteiger partial charge in [-0.2, -0.15) is 0 Å². The van der Waals surface area contributed by atoms with Crippen molar-refractivity contribution >= 4 is 27.5 Å². The largest absolute Gasteiger partial charge is 0.508 e. The molecular formula is C8H5NO3S. The van der Waals surface area contributed by atoms with E-state index in [0.29, 0.717) is 10.2 Å². The first-order valence-corrected chi connectivity index (χ1v) is 4.36. The number of carboxylic acids is 1. The lowest BCUT2D eigenvalue weighted by atomic mass is 10.2. The Hall–Kier alpha value is -1.62.